The topological polar surface area (TPSA) is 94.4 Å². The Morgan fingerprint density at radius 2 is 1.71 bits per heavy atom. The summed E-state index contributed by atoms with van der Waals surface area (Å²) in [6, 6.07) is 4.71. The van der Waals surface area contributed by atoms with Gasteiger partial charge in [0.05, 0.1) is 12.7 Å². The van der Waals surface area contributed by atoms with Crippen LogP contribution in [0.25, 0.3) is 0 Å². The molecular formula is C22H27F3N6O4. The van der Waals surface area contributed by atoms with E-state index in [0.29, 0.717) is 64.6 Å². The second kappa shape index (κ2) is 10.2. The molecular weight excluding hydrogens is 469 g/mol. The predicted molar refractivity (Wildman–Crippen MR) is 119 cm³/mol. The van der Waals surface area contributed by atoms with Gasteiger partial charge in [0, 0.05) is 70.8 Å². The van der Waals surface area contributed by atoms with Gasteiger partial charge in [-0.05, 0) is 23.8 Å². The Labute approximate surface area is 200 Å². The van der Waals surface area contributed by atoms with Crippen molar-refractivity contribution < 1.29 is 32.7 Å². The number of carbonyl (C=O) groups is 2. The third kappa shape index (κ3) is 5.74. The van der Waals surface area contributed by atoms with Crippen LogP contribution in [-0.4, -0.2) is 101 Å². The highest BCUT2D eigenvalue weighted by Crippen LogP contribution is 2.34. The number of nitrogens with zero attached hydrogens (tertiary/aromatic N) is 6. The van der Waals surface area contributed by atoms with Crippen molar-refractivity contribution in [3.63, 3.8) is 0 Å². The quantitative estimate of drug-likeness (QED) is 0.673. The van der Waals surface area contributed by atoms with Gasteiger partial charge in [-0.3, -0.25) is 4.90 Å². The van der Waals surface area contributed by atoms with E-state index in [1.165, 1.54) is 24.4 Å². The average Bonchev–Trinajstić information content (AvgIpc) is 3.35. The number of anilines is 1. The van der Waals surface area contributed by atoms with E-state index in [4.69, 9.17) is 9.94 Å². The molecule has 2 saturated heterocycles. The minimum absolute atomic E-state index is 0.210. The zero-order valence-corrected chi connectivity index (χ0v) is 19.2. The van der Waals surface area contributed by atoms with Gasteiger partial charge in [-0.15, -0.1) is 0 Å². The Kier molecular flexibility index (Phi) is 7.28. The molecule has 0 saturated carbocycles. The zero-order chi connectivity index (χ0) is 25.2. The largest absolute Gasteiger partial charge is 0.476 e. The number of carboxylic acid groups (broad SMARTS) is 1. The number of carbonyl (C=O) groups excluding carboxylic acids is 1. The maximum Gasteiger partial charge on any atom is 0.416 e. The Morgan fingerprint density at radius 1 is 1.03 bits per heavy atom. The van der Waals surface area contributed by atoms with E-state index in [1.807, 2.05) is 4.90 Å². The highest BCUT2D eigenvalue weighted by Gasteiger charge is 2.32. The highest BCUT2D eigenvalue weighted by atomic mass is 19.4. The molecule has 2 aliphatic rings. The minimum Gasteiger partial charge on any atom is -0.476 e. The first-order chi connectivity index (χ1) is 16.7. The smallest absolute Gasteiger partial charge is 0.416 e. The zero-order valence-electron chi connectivity index (χ0n) is 19.2. The number of alkyl halides is 3. The van der Waals surface area contributed by atoms with Crippen molar-refractivity contribution in [3.05, 3.63) is 47.3 Å². The third-order valence-corrected chi connectivity index (χ3v) is 6.29. The molecule has 35 heavy (non-hydrogen) atoms. The van der Waals surface area contributed by atoms with Crippen molar-refractivity contribution in [1.29, 1.82) is 0 Å². The summed E-state index contributed by atoms with van der Waals surface area (Å²) in [6.07, 6.45) is -3.11. The summed E-state index contributed by atoms with van der Waals surface area (Å²) in [7, 11) is 1.58. The molecule has 1 N–H and O–H groups in total. The van der Waals surface area contributed by atoms with Crippen LogP contribution < -0.4 is 4.90 Å². The molecule has 10 nitrogen and oxygen atoms in total. The van der Waals surface area contributed by atoms with Gasteiger partial charge in [0.15, 0.2) is 5.69 Å². The molecule has 2 fully saturated rings. The normalized spacial score (nSPS) is 18.2. The van der Waals surface area contributed by atoms with E-state index in [-0.39, 0.29) is 5.69 Å². The molecule has 2 aliphatic heterocycles. The van der Waals surface area contributed by atoms with Crippen LogP contribution in [0.3, 0.4) is 0 Å². The number of hydrogen-bond donors (Lipinski definition) is 1. The van der Waals surface area contributed by atoms with E-state index in [2.05, 4.69) is 10.00 Å². The monoisotopic (exact) mass is 496 g/mol. The van der Waals surface area contributed by atoms with Gasteiger partial charge in [0.25, 0.3) is 0 Å². The van der Waals surface area contributed by atoms with Gasteiger partial charge < -0.3 is 19.7 Å². The summed E-state index contributed by atoms with van der Waals surface area (Å²) in [6.45, 7) is 4.55. The van der Waals surface area contributed by atoms with Crippen LogP contribution in [0.2, 0.25) is 0 Å². The fourth-order valence-electron chi connectivity index (χ4n) is 4.31. The Morgan fingerprint density at radius 3 is 2.29 bits per heavy atom. The van der Waals surface area contributed by atoms with Crippen LogP contribution in [-0.2, 0) is 17.6 Å². The molecule has 2 aromatic rings. The van der Waals surface area contributed by atoms with Gasteiger partial charge in [-0.2, -0.15) is 28.0 Å². The van der Waals surface area contributed by atoms with Crippen LogP contribution >= 0.6 is 0 Å². The number of hydrogen-bond acceptors (Lipinski definition) is 7. The Bertz CT molecular complexity index is 1060. The number of aromatic carboxylic acids is 1. The fraction of sp³-hybridized carbons (Fsp3) is 0.500. The molecule has 1 aromatic heterocycles. The second-order valence-electron chi connectivity index (χ2n) is 8.44. The van der Waals surface area contributed by atoms with E-state index < -0.39 is 23.7 Å². The van der Waals surface area contributed by atoms with Gasteiger partial charge in [0.1, 0.15) is 0 Å². The van der Waals surface area contributed by atoms with E-state index in [0.717, 1.165) is 16.3 Å². The fourth-order valence-corrected chi connectivity index (χ4v) is 4.31. The number of aromatic nitrogens is 2. The number of rotatable bonds is 5. The molecule has 4 rings (SSSR count). The highest BCUT2D eigenvalue weighted by molar-refractivity contribution is 5.86. The molecule has 0 unspecified atom stereocenters. The first-order valence-electron chi connectivity index (χ1n) is 11.2. The second-order valence-corrected chi connectivity index (χ2v) is 8.44. The van der Waals surface area contributed by atoms with Crippen molar-refractivity contribution >= 4 is 17.7 Å². The molecule has 0 aliphatic carbocycles. The lowest BCUT2D eigenvalue weighted by molar-refractivity contribution is -0.137. The summed E-state index contributed by atoms with van der Waals surface area (Å²) in [5, 5.41) is 14.5. The van der Waals surface area contributed by atoms with Crippen molar-refractivity contribution in [2.45, 2.75) is 12.7 Å². The Balaban J connectivity index is 1.43. The SMILES string of the molecule is CON1CCN(c2cc(C(F)(F)F)ccc2CN2CCN(C(=O)n3ccc(C(=O)O)n3)CC2)CC1. The first-order valence-corrected chi connectivity index (χ1v) is 11.2. The lowest BCUT2D eigenvalue weighted by atomic mass is 10.1. The van der Waals surface area contributed by atoms with E-state index in [1.54, 1.807) is 17.1 Å². The van der Waals surface area contributed by atoms with Gasteiger partial charge in [-0.25, -0.2) is 9.59 Å². The van der Waals surface area contributed by atoms with Gasteiger partial charge >= 0.3 is 18.2 Å². The van der Waals surface area contributed by atoms with E-state index >= 15 is 0 Å². The van der Waals surface area contributed by atoms with Crippen LogP contribution in [0.1, 0.15) is 21.6 Å². The molecule has 190 valence electrons. The molecule has 13 heteroatoms. The molecule has 0 spiro atoms. The van der Waals surface area contributed by atoms with Gasteiger partial charge in [-0.1, -0.05) is 6.07 Å². The van der Waals surface area contributed by atoms with E-state index in [9.17, 15) is 22.8 Å². The third-order valence-electron chi connectivity index (χ3n) is 6.29. The number of carboxylic acids is 1. The molecule has 0 radical (unpaired) electrons. The molecule has 0 bridgehead atoms. The van der Waals surface area contributed by atoms with Crippen molar-refractivity contribution in [1.82, 2.24) is 24.6 Å². The molecule has 1 aromatic carbocycles. The van der Waals surface area contributed by atoms with Crippen molar-refractivity contribution in [2.24, 2.45) is 0 Å². The number of benzene rings is 1. The van der Waals surface area contributed by atoms with Crippen LogP contribution in [0, 0.1) is 0 Å². The van der Waals surface area contributed by atoms with Gasteiger partial charge in [0.2, 0.25) is 0 Å². The van der Waals surface area contributed by atoms with Crippen LogP contribution in [0.4, 0.5) is 23.7 Å². The standard InChI is InChI=1S/C22H27F3N6O4/c1-35-30-12-10-28(11-13-30)19-14-17(22(23,24)25)3-2-16(19)15-27-6-8-29(9-7-27)21(34)31-5-4-18(26-31)20(32)33/h2-5,14H,6-13,15H2,1H3,(H,32,33). The summed E-state index contributed by atoms with van der Waals surface area (Å²) >= 11 is 0. The van der Waals surface area contributed by atoms with Crippen molar-refractivity contribution in [2.75, 3.05) is 64.4 Å². The first kappa shape index (κ1) is 24.9. The minimum atomic E-state index is -4.43. The van der Waals surface area contributed by atoms with Crippen LogP contribution in [0.15, 0.2) is 30.5 Å². The maximum absolute atomic E-state index is 13.4. The van der Waals surface area contributed by atoms with Crippen molar-refractivity contribution in [3.8, 4) is 0 Å². The molecule has 3 heterocycles. The maximum atomic E-state index is 13.4. The lowest BCUT2D eigenvalue weighted by Gasteiger charge is -2.38. The summed E-state index contributed by atoms with van der Waals surface area (Å²) in [5.74, 6) is -1.21. The Hall–Kier alpha value is -3.16. The lowest BCUT2D eigenvalue weighted by Crippen LogP contribution is -2.50. The summed E-state index contributed by atoms with van der Waals surface area (Å²) in [4.78, 5) is 34.5. The summed E-state index contributed by atoms with van der Waals surface area (Å²) in [5.41, 5.74) is 0.465. The number of amides is 1. The van der Waals surface area contributed by atoms with Crippen LogP contribution in [0.5, 0.6) is 0 Å². The number of halogens is 3. The number of hydroxylamine groups is 2. The number of piperazine rings is 2. The molecule has 0 atom stereocenters. The predicted octanol–water partition coefficient (Wildman–Crippen LogP) is 2.07. The summed E-state index contributed by atoms with van der Waals surface area (Å²) < 4.78 is 41.2. The molecule has 1 amide bonds. The average molecular weight is 496 g/mol.